The average Bonchev–Trinajstić information content (AvgIpc) is 2.55. The van der Waals surface area contributed by atoms with Crippen LogP contribution in [0.25, 0.3) is 0 Å². The van der Waals surface area contributed by atoms with Crippen molar-refractivity contribution in [2.24, 2.45) is 5.73 Å². The van der Waals surface area contributed by atoms with Gasteiger partial charge in [0.1, 0.15) is 11.9 Å². The number of urea groups is 1. The fourth-order valence-electron chi connectivity index (χ4n) is 2.15. The molecule has 2 rings (SSSR count). The van der Waals surface area contributed by atoms with E-state index in [4.69, 9.17) is 10.5 Å². The van der Waals surface area contributed by atoms with Gasteiger partial charge < -0.3 is 10.5 Å². The van der Waals surface area contributed by atoms with Crippen molar-refractivity contribution in [1.29, 1.82) is 0 Å². The van der Waals surface area contributed by atoms with E-state index in [0.29, 0.717) is 5.06 Å². The van der Waals surface area contributed by atoms with Crippen LogP contribution >= 0.6 is 0 Å². The van der Waals surface area contributed by atoms with E-state index in [2.05, 4.69) is 0 Å². The van der Waals surface area contributed by atoms with Gasteiger partial charge in [-0.2, -0.15) is 5.06 Å². The molecule has 2 aromatic rings. The van der Waals surface area contributed by atoms with Crippen LogP contribution in [0.1, 0.15) is 37.1 Å². The molecule has 0 aliphatic carbocycles. The second-order valence-electron chi connectivity index (χ2n) is 5.10. The Kier molecular flexibility index (Phi) is 8.25. The molecule has 117 valence electrons. The summed E-state index contributed by atoms with van der Waals surface area (Å²) in [6, 6.07) is 15.7. The molecular weight excluding hydrogens is 319 g/mol. The van der Waals surface area contributed by atoms with Crippen LogP contribution in [0, 0.1) is 0 Å². The predicted octanol–water partition coefficient (Wildman–Crippen LogP) is 3.28. The Morgan fingerprint density at radius 3 is 2.13 bits per heavy atom. The molecule has 2 atom stereocenters. The Labute approximate surface area is 178 Å². The first-order valence-electron chi connectivity index (χ1n) is 7.08. The summed E-state index contributed by atoms with van der Waals surface area (Å²) >= 11 is 0. The fourth-order valence-corrected chi connectivity index (χ4v) is 2.15. The van der Waals surface area contributed by atoms with Crippen molar-refractivity contribution < 1.29 is 14.7 Å². The van der Waals surface area contributed by atoms with Gasteiger partial charge in [0.2, 0.25) is 0 Å². The Morgan fingerprint density at radius 2 is 1.61 bits per heavy atom. The van der Waals surface area contributed by atoms with Gasteiger partial charge in [0.25, 0.3) is 0 Å². The average molecular weight is 339 g/mol. The summed E-state index contributed by atoms with van der Waals surface area (Å²) in [6.07, 6.45) is -0.0653. The normalized spacial score (nSPS) is 12.7. The van der Waals surface area contributed by atoms with Gasteiger partial charge in [0, 0.05) is 51.4 Å². The van der Waals surface area contributed by atoms with E-state index in [1.807, 2.05) is 37.3 Å². The molecule has 0 saturated heterocycles. The van der Waals surface area contributed by atoms with E-state index in [-0.39, 0.29) is 57.5 Å². The molecule has 0 saturated carbocycles. The van der Waals surface area contributed by atoms with E-state index < -0.39 is 12.1 Å². The minimum atomic E-state index is -0.884. The molecule has 0 aliphatic heterocycles. The van der Waals surface area contributed by atoms with Crippen molar-refractivity contribution in [2.75, 3.05) is 0 Å². The summed E-state index contributed by atoms with van der Waals surface area (Å²) in [4.78, 5) is 11.0. The minimum Gasteiger partial charge on any atom is -0.486 e. The molecule has 6 heteroatoms. The number of rotatable bonds is 5. The molecule has 0 fully saturated rings. The SMILES string of the molecule is CC(Oc1ccc(C(C)N(O)C(N)=O)cc1)c1ccccc1.[K]. The van der Waals surface area contributed by atoms with Gasteiger partial charge in [-0.25, -0.2) is 4.79 Å². The maximum Gasteiger partial charge on any atom is 0.339 e. The number of nitrogens with zero attached hydrogens (tertiary/aromatic N) is 1. The van der Waals surface area contributed by atoms with Gasteiger partial charge in [-0.1, -0.05) is 42.5 Å². The van der Waals surface area contributed by atoms with Crippen molar-refractivity contribution in [3.8, 4) is 5.75 Å². The van der Waals surface area contributed by atoms with Crippen molar-refractivity contribution in [1.82, 2.24) is 5.06 Å². The second-order valence-corrected chi connectivity index (χ2v) is 5.10. The number of hydrogen-bond donors (Lipinski definition) is 2. The van der Waals surface area contributed by atoms with Gasteiger partial charge in [-0.05, 0) is 37.1 Å². The molecule has 2 unspecified atom stereocenters. The van der Waals surface area contributed by atoms with Crippen LogP contribution in [0.3, 0.4) is 0 Å². The van der Waals surface area contributed by atoms with Crippen LogP contribution < -0.4 is 10.5 Å². The van der Waals surface area contributed by atoms with E-state index in [0.717, 1.165) is 16.9 Å². The van der Waals surface area contributed by atoms with Crippen molar-refractivity contribution in [3.63, 3.8) is 0 Å². The zero-order valence-corrected chi connectivity index (χ0v) is 16.8. The molecule has 2 aromatic carbocycles. The second kappa shape index (κ2) is 9.41. The van der Waals surface area contributed by atoms with Crippen LogP contribution in [0.5, 0.6) is 5.75 Å². The summed E-state index contributed by atoms with van der Waals surface area (Å²) in [5.41, 5.74) is 6.90. The van der Waals surface area contributed by atoms with Crippen molar-refractivity contribution in [3.05, 3.63) is 65.7 Å². The van der Waals surface area contributed by atoms with Crippen LogP contribution in [0.15, 0.2) is 54.6 Å². The molecule has 0 spiro atoms. The van der Waals surface area contributed by atoms with Gasteiger partial charge in [0.15, 0.2) is 0 Å². The number of benzene rings is 2. The van der Waals surface area contributed by atoms with Crippen LogP contribution in [0.2, 0.25) is 0 Å². The van der Waals surface area contributed by atoms with Gasteiger partial charge in [-0.15, -0.1) is 0 Å². The molecule has 0 bridgehead atoms. The number of carbonyl (C=O) groups is 1. The molecule has 0 heterocycles. The maximum absolute atomic E-state index is 11.0. The van der Waals surface area contributed by atoms with Crippen LogP contribution in [-0.4, -0.2) is 67.7 Å². The molecule has 5 nitrogen and oxygen atoms in total. The number of amides is 2. The van der Waals surface area contributed by atoms with Gasteiger partial charge >= 0.3 is 6.03 Å². The molecule has 23 heavy (non-hydrogen) atoms. The quantitative estimate of drug-likeness (QED) is 0.499. The monoisotopic (exact) mass is 339 g/mol. The largest absolute Gasteiger partial charge is 0.486 e. The number of hydroxylamine groups is 2. The number of primary amides is 1. The Balaban J connectivity index is 0.00000264. The zero-order valence-electron chi connectivity index (χ0n) is 13.6. The van der Waals surface area contributed by atoms with E-state index >= 15 is 0 Å². The Hall–Kier alpha value is -0.894. The van der Waals surface area contributed by atoms with Gasteiger partial charge in [-0.3, -0.25) is 5.21 Å². The van der Waals surface area contributed by atoms with Crippen molar-refractivity contribution >= 4 is 57.4 Å². The molecular formula is C17H20KN2O3. The van der Waals surface area contributed by atoms with Gasteiger partial charge in [0.05, 0.1) is 6.04 Å². The molecule has 2 amide bonds. The number of nitrogens with two attached hydrogens (primary N) is 1. The predicted molar refractivity (Wildman–Crippen MR) is 89.3 cm³/mol. The van der Waals surface area contributed by atoms with E-state index in [1.54, 1.807) is 31.2 Å². The smallest absolute Gasteiger partial charge is 0.339 e. The maximum atomic E-state index is 11.0. The first-order valence-corrected chi connectivity index (χ1v) is 7.08. The third-order valence-electron chi connectivity index (χ3n) is 3.54. The molecule has 0 aromatic heterocycles. The molecule has 0 aliphatic rings. The third kappa shape index (κ3) is 5.60. The summed E-state index contributed by atoms with van der Waals surface area (Å²) < 4.78 is 5.88. The summed E-state index contributed by atoms with van der Waals surface area (Å²) in [6.45, 7) is 3.67. The first kappa shape index (κ1) is 20.2. The van der Waals surface area contributed by atoms with E-state index in [9.17, 15) is 10.0 Å². The summed E-state index contributed by atoms with van der Waals surface area (Å²) in [5, 5.41) is 10.0. The first-order chi connectivity index (χ1) is 10.5. The number of ether oxygens (including phenoxy) is 1. The zero-order chi connectivity index (χ0) is 16.1. The van der Waals surface area contributed by atoms with E-state index in [1.165, 1.54) is 0 Å². The number of hydrogen-bond acceptors (Lipinski definition) is 3. The van der Waals surface area contributed by atoms with Crippen LogP contribution in [0.4, 0.5) is 4.79 Å². The Bertz CT molecular complexity index is 619. The standard InChI is InChI=1S/C17H20N2O3.K/c1-12(19(21)17(18)20)14-8-10-16(11-9-14)22-13(2)15-6-4-3-5-7-15;/h3-13,21H,1-2H3,(H2,18,20);. The fraction of sp³-hybridized carbons (Fsp3) is 0.235. The third-order valence-corrected chi connectivity index (χ3v) is 3.54. The summed E-state index contributed by atoms with van der Waals surface area (Å²) in [7, 11) is 0. The topological polar surface area (TPSA) is 75.8 Å². The summed E-state index contributed by atoms with van der Waals surface area (Å²) in [5.74, 6) is 0.718. The Morgan fingerprint density at radius 1 is 1.04 bits per heavy atom. The molecule has 1 radical (unpaired) electrons. The molecule has 3 N–H and O–H groups in total. The van der Waals surface area contributed by atoms with Crippen LogP contribution in [-0.2, 0) is 0 Å². The van der Waals surface area contributed by atoms with Crippen molar-refractivity contribution in [2.45, 2.75) is 26.0 Å². The minimum absolute atomic E-state index is 0. The number of carbonyl (C=O) groups excluding carboxylic acids is 1.